The number of urea groups is 1. The predicted molar refractivity (Wildman–Crippen MR) is 127 cm³/mol. The SMILES string of the molecule is CCCN(CCC)CCOc1ccc(C2CN(C(=O)N(C)c3ccccc3)C=N2)cc1. The highest BCUT2D eigenvalue weighted by Crippen LogP contribution is 2.25. The minimum atomic E-state index is -0.0823. The molecule has 0 radical (unpaired) electrons. The minimum absolute atomic E-state index is 0.0493. The fraction of sp³-hybridized carbons (Fsp3) is 0.440. The summed E-state index contributed by atoms with van der Waals surface area (Å²) in [5, 5.41) is 0. The van der Waals surface area contributed by atoms with Crippen molar-refractivity contribution < 1.29 is 9.53 Å². The van der Waals surface area contributed by atoms with Gasteiger partial charge in [-0.2, -0.15) is 0 Å². The molecule has 2 amide bonds. The average Bonchev–Trinajstić information content (AvgIpc) is 3.30. The summed E-state index contributed by atoms with van der Waals surface area (Å²) in [6, 6.07) is 17.6. The number of anilines is 1. The number of carbonyl (C=O) groups is 1. The third-order valence-electron chi connectivity index (χ3n) is 5.45. The second-order valence-corrected chi connectivity index (χ2v) is 7.87. The highest BCUT2D eigenvalue weighted by molar-refractivity contribution is 5.98. The molecule has 1 aliphatic rings. The Kier molecular flexibility index (Phi) is 8.47. The van der Waals surface area contributed by atoms with E-state index in [1.165, 1.54) is 0 Å². The smallest absolute Gasteiger partial charge is 0.329 e. The zero-order chi connectivity index (χ0) is 22.1. The van der Waals surface area contributed by atoms with Gasteiger partial charge in [0.25, 0.3) is 0 Å². The number of nitrogens with zero attached hydrogens (tertiary/aromatic N) is 4. The molecule has 0 bridgehead atoms. The molecule has 0 saturated heterocycles. The van der Waals surface area contributed by atoms with E-state index in [1.807, 2.05) is 54.6 Å². The molecule has 31 heavy (non-hydrogen) atoms. The number of benzene rings is 2. The first-order valence-corrected chi connectivity index (χ1v) is 11.2. The predicted octanol–water partition coefficient (Wildman–Crippen LogP) is 4.83. The molecule has 166 valence electrons. The summed E-state index contributed by atoms with van der Waals surface area (Å²) < 4.78 is 5.94. The van der Waals surface area contributed by atoms with Crippen molar-refractivity contribution in [1.82, 2.24) is 9.80 Å². The van der Waals surface area contributed by atoms with Crippen LogP contribution in [0.1, 0.15) is 38.3 Å². The number of aliphatic imine (C=N–C) groups is 1. The molecule has 2 aromatic carbocycles. The number of para-hydroxylation sites is 1. The molecule has 0 fully saturated rings. The number of hydrogen-bond acceptors (Lipinski definition) is 4. The van der Waals surface area contributed by atoms with E-state index >= 15 is 0 Å². The summed E-state index contributed by atoms with van der Waals surface area (Å²) in [4.78, 5) is 23.1. The first-order valence-electron chi connectivity index (χ1n) is 11.2. The number of ether oxygens (including phenoxy) is 1. The zero-order valence-corrected chi connectivity index (χ0v) is 18.9. The van der Waals surface area contributed by atoms with E-state index in [-0.39, 0.29) is 12.1 Å². The maximum Gasteiger partial charge on any atom is 0.329 e. The van der Waals surface area contributed by atoms with Gasteiger partial charge in [0.15, 0.2) is 0 Å². The van der Waals surface area contributed by atoms with Crippen LogP contribution in [-0.4, -0.2) is 62.0 Å². The summed E-state index contributed by atoms with van der Waals surface area (Å²) in [5.41, 5.74) is 1.95. The van der Waals surface area contributed by atoms with Gasteiger partial charge in [0.1, 0.15) is 12.4 Å². The fourth-order valence-electron chi connectivity index (χ4n) is 3.76. The summed E-state index contributed by atoms with van der Waals surface area (Å²) >= 11 is 0. The van der Waals surface area contributed by atoms with Crippen LogP contribution in [0, 0.1) is 0 Å². The van der Waals surface area contributed by atoms with E-state index in [0.717, 1.165) is 49.5 Å². The molecule has 0 aliphatic carbocycles. The summed E-state index contributed by atoms with van der Waals surface area (Å²) in [5.74, 6) is 0.871. The van der Waals surface area contributed by atoms with Crippen molar-refractivity contribution in [3.8, 4) is 5.75 Å². The van der Waals surface area contributed by atoms with Gasteiger partial charge >= 0.3 is 6.03 Å². The van der Waals surface area contributed by atoms with Gasteiger partial charge in [-0.1, -0.05) is 44.2 Å². The van der Waals surface area contributed by atoms with Gasteiger partial charge in [-0.25, -0.2) is 4.79 Å². The molecular formula is C25H34N4O2. The molecule has 6 heteroatoms. The van der Waals surface area contributed by atoms with Crippen LogP contribution >= 0.6 is 0 Å². The molecule has 6 nitrogen and oxygen atoms in total. The van der Waals surface area contributed by atoms with Crippen molar-refractivity contribution in [3.63, 3.8) is 0 Å². The molecular weight excluding hydrogens is 388 g/mol. The van der Waals surface area contributed by atoms with Gasteiger partial charge in [0.2, 0.25) is 0 Å². The molecule has 2 aromatic rings. The van der Waals surface area contributed by atoms with E-state index < -0.39 is 0 Å². The van der Waals surface area contributed by atoms with Crippen LogP contribution < -0.4 is 9.64 Å². The van der Waals surface area contributed by atoms with E-state index in [0.29, 0.717) is 13.2 Å². The van der Waals surface area contributed by atoms with Gasteiger partial charge in [-0.15, -0.1) is 0 Å². The van der Waals surface area contributed by atoms with Gasteiger partial charge in [0, 0.05) is 19.3 Å². The molecule has 1 aliphatic heterocycles. The number of carbonyl (C=O) groups excluding carboxylic acids is 1. The third-order valence-corrected chi connectivity index (χ3v) is 5.45. The molecule has 1 atom stereocenters. The highest BCUT2D eigenvalue weighted by Gasteiger charge is 2.26. The minimum Gasteiger partial charge on any atom is -0.492 e. The first-order chi connectivity index (χ1) is 15.1. The Morgan fingerprint density at radius 3 is 2.35 bits per heavy atom. The largest absolute Gasteiger partial charge is 0.492 e. The van der Waals surface area contributed by atoms with Gasteiger partial charge in [-0.3, -0.25) is 19.7 Å². The van der Waals surface area contributed by atoms with E-state index in [1.54, 1.807) is 23.2 Å². The summed E-state index contributed by atoms with van der Waals surface area (Å²) in [7, 11) is 1.78. The molecule has 1 heterocycles. The van der Waals surface area contributed by atoms with Gasteiger partial charge in [-0.05, 0) is 55.8 Å². The lowest BCUT2D eigenvalue weighted by atomic mass is 10.1. The van der Waals surface area contributed by atoms with E-state index in [9.17, 15) is 4.79 Å². The Labute approximate surface area is 186 Å². The van der Waals surface area contributed by atoms with E-state index in [2.05, 4.69) is 23.7 Å². The van der Waals surface area contributed by atoms with Crippen LogP contribution in [0.4, 0.5) is 10.5 Å². The van der Waals surface area contributed by atoms with Gasteiger partial charge in [0.05, 0.1) is 18.9 Å². The monoisotopic (exact) mass is 422 g/mol. The summed E-state index contributed by atoms with van der Waals surface area (Å²) in [6.45, 7) is 8.83. The lowest BCUT2D eigenvalue weighted by Gasteiger charge is -2.23. The van der Waals surface area contributed by atoms with Crippen LogP contribution in [0.25, 0.3) is 0 Å². The van der Waals surface area contributed by atoms with Crippen molar-refractivity contribution in [2.24, 2.45) is 4.99 Å². The first kappa shape index (κ1) is 22.8. The Hall–Kier alpha value is -2.86. The quantitative estimate of drug-likeness (QED) is 0.551. The number of hydrogen-bond donors (Lipinski definition) is 0. The standard InChI is InChI=1S/C25H34N4O2/c1-4-15-28(16-5-2)17-18-31-23-13-11-21(12-14-23)24-19-29(20-26-24)25(30)27(3)22-9-7-6-8-10-22/h6-14,20,24H,4-5,15-19H2,1-3H3. The van der Waals surface area contributed by atoms with Crippen LogP contribution in [0.3, 0.4) is 0 Å². The van der Waals surface area contributed by atoms with Crippen LogP contribution in [0.2, 0.25) is 0 Å². The van der Waals surface area contributed by atoms with Crippen LogP contribution in [0.5, 0.6) is 5.75 Å². The maximum atomic E-state index is 12.8. The van der Waals surface area contributed by atoms with Crippen molar-refractivity contribution in [3.05, 3.63) is 60.2 Å². The molecule has 0 aromatic heterocycles. The third kappa shape index (κ3) is 6.31. The Bertz CT molecular complexity index is 832. The summed E-state index contributed by atoms with van der Waals surface area (Å²) in [6.07, 6.45) is 3.97. The Morgan fingerprint density at radius 1 is 1.03 bits per heavy atom. The number of amides is 2. The van der Waals surface area contributed by atoms with Crippen molar-refractivity contribution >= 4 is 18.1 Å². The van der Waals surface area contributed by atoms with Gasteiger partial charge < -0.3 is 4.74 Å². The van der Waals surface area contributed by atoms with Crippen molar-refractivity contribution in [1.29, 1.82) is 0 Å². The van der Waals surface area contributed by atoms with Crippen LogP contribution in [-0.2, 0) is 0 Å². The maximum absolute atomic E-state index is 12.8. The highest BCUT2D eigenvalue weighted by atomic mass is 16.5. The molecule has 0 N–H and O–H groups in total. The fourth-order valence-corrected chi connectivity index (χ4v) is 3.76. The molecule has 0 saturated carbocycles. The molecule has 0 spiro atoms. The lowest BCUT2D eigenvalue weighted by molar-refractivity contribution is 0.209. The second-order valence-electron chi connectivity index (χ2n) is 7.87. The Balaban J connectivity index is 1.49. The van der Waals surface area contributed by atoms with E-state index in [4.69, 9.17) is 4.74 Å². The second kappa shape index (κ2) is 11.5. The van der Waals surface area contributed by atoms with Crippen molar-refractivity contribution in [2.45, 2.75) is 32.7 Å². The molecule has 1 unspecified atom stereocenters. The number of rotatable bonds is 10. The normalized spacial score (nSPS) is 15.5. The lowest BCUT2D eigenvalue weighted by Crippen LogP contribution is -2.39. The molecule has 3 rings (SSSR count). The van der Waals surface area contributed by atoms with Crippen molar-refractivity contribution in [2.75, 3.05) is 44.7 Å². The Morgan fingerprint density at radius 2 is 1.71 bits per heavy atom. The van der Waals surface area contributed by atoms with Crippen LogP contribution in [0.15, 0.2) is 59.6 Å². The zero-order valence-electron chi connectivity index (χ0n) is 18.9. The topological polar surface area (TPSA) is 48.4 Å². The average molecular weight is 423 g/mol.